The van der Waals surface area contributed by atoms with Gasteiger partial charge >= 0.3 is 5.28 Å². The van der Waals surface area contributed by atoms with Crippen molar-refractivity contribution >= 4 is 23.2 Å². The fourth-order valence-electron chi connectivity index (χ4n) is 1.14. The predicted octanol–water partition coefficient (Wildman–Crippen LogP) is 2.60. The van der Waals surface area contributed by atoms with Gasteiger partial charge in [-0.25, -0.2) is 4.98 Å². The second-order valence-electron chi connectivity index (χ2n) is 2.60. The first-order chi connectivity index (χ1) is 6.27. The summed E-state index contributed by atoms with van der Waals surface area (Å²) >= 11 is 11.7. The average Bonchev–Trinajstić information content (AvgIpc) is 2.47. The summed E-state index contributed by atoms with van der Waals surface area (Å²) in [6.45, 7) is 0. The van der Waals surface area contributed by atoms with E-state index in [-0.39, 0.29) is 0 Å². The van der Waals surface area contributed by atoms with Crippen LogP contribution >= 0.6 is 23.2 Å². The maximum atomic E-state index is 5.90. The molecular weight excluding hydrogens is 207 g/mol. The largest absolute Gasteiger partial charge is 0.358 e. The quantitative estimate of drug-likeness (QED) is 0.704. The molecule has 0 aliphatic rings. The number of rotatable bonds is 1. The molecule has 13 heavy (non-hydrogen) atoms. The van der Waals surface area contributed by atoms with Crippen LogP contribution in [0.15, 0.2) is 36.5 Å². The van der Waals surface area contributed by atoms with Gasteiger partial charge in [0.1, 0.15) is 5.69 Å². The van der Waals surface area contributed by atoms with Crippen molar-refractivity contribution in [2.24, 2.45) is 0 Å². The Balaban J connectivity index is 2.53. The molecule has 2 rings (SSSR count). The molecule has 0 saturated carbocycles. The summed E-state index contributed by atoms with van der Waals surface area (Å²) in [7, 11) is 0. The molecule has 0 aliphatic heterocycles. The predicted molar refractivity (Wildman–Crippen MR) is 52.3 cm³/mol. The summed E-state index contributed by atoms with van der Waals surface area (Å²) in [4.78, 5) is 2.80. The third-order valence-electron chi connectivity index (χ3n) is 1.71. The van der Waals surface area contributed by atoms with E-state index in [1.54, 1.807) is 10.8 Å². The van der Waals surface area contributed by atoms with Crippen LogP contribution in [0.1, 0.15) is 0 Å². The van der Waals surface area contributed by atoms with E-state index in [1.807, 2.05) is 30.3 Å². The molecule has 0 fully saturated rings. The third kappa shape index (κ3) is 1.69. The zero-order valence-corrected chi connectivity index (χ0v) is 8.18. The number of aromatic amines is 1. The van der Waals surface area contributed by atoms with Gasteiger partial charge < -0.3 is 0 Å². The fourth-order valence-corrected chi connectivity index (χ4v) is 1.62. The molecule has 0 radical (unpaired) electrons. The van der Waals surface area contributed by atoms with E-state index in [9.17, 15) is 0 Å². The number of hydrogen-bond donors (Lipinski definition) is 1. The number of nitrogens with one attached hydrogen (secondary N) is 1. The second kappa shape index (κ2) is 3.40. The summed E-state index contributed by atoms with van der Waals surface area (Å²) in [5, 5.41) is 1.02. The van der Waals surface area contributed by atoms with Gasteiger partial charge in [0.15, 0.2) is 6.20 Å². The fraction of sp³-hybridized carbons (Fsp3) is 0. The molecule has 0 spiro atoms. The van der Waals surface area contributed by atoms with Gasteiger partial charge in [-0.2, -0.15) is 4.57 Å². The maximum absolute atomic E-state index is 5.90. The van der Waals surface area contributed by atoms with Crippen LogP contribution in [-0.2, 0) is 0 Å². The minimum atomic E-state index is 0.496. The SMILES string of the molecule is Clc1c[n+](-c2ccccc2)c(Cl)[nH]1. The highest BCUT2D eigenvalue weighted by molar-refractivity contribution is 6.31. The topological polar surface area (TPSA) is 19.7 Å². The zero-order valence-electron chi connectivity index (χ0n) is 6.67. The Hall–Kier alpha value is -0.990. The lowest BCUT2D eigenvalue weighted by molar-refractivity contribution is -0.591. The molecule has 0 unspecified atom stereocenters. The van der Waals surface area contributed by atoms with Crippen LogP contribution in [0.25, 0.3) is 5.69 Å². The molecule has 2 nitrogen and oxygen atoms in total. The molecule has 1 aromatic heterocycles. The molecule has 0 amide bonds. The minimum Gasteiger partial charge on any atom is -0.217 e. The summed E-state index contributed by atoms with van der Waals surface area (Å²) in [6.07, 6.45) is 1.74. The van der Waals surface area contributed by atoms with Crippen molar-refractivity contribution < 1.29 is 4.57 Å². The molecule has 0 atom stereocenters. The van der Waals surface area contributed by atoms with E-state index < -0.39 is 0 Å². The van der Waals surface area contributed by atoms with Gasteiger partial charge in [0.05, 0.1) is 0 Å². The Labute approximate surface area is 85.7 Å². The minimum absolute atomic E-state index is 0.496. The third-order valence-corrected chi connectivity index (χ3v) is 2.18. The van der Waals surface area contributed by atoms with Crippen LogP contribution in [0.3, 0.4) is 0 Å². The first-order valence-electron chi connectivity index (χ1n) is 3.78. The average molecular weight is 214 g/mol. The van der Waals surface area contributed by atoms with Crippen molar-refractivity contribution in [2.75, 3.05) is 0 Å². The first kappa shape index (κ1) is 8.60. The zero-order chi connectivity index (χ0) is 9.26. The summed E-state index contributed by atoms with van der Waals surface area (Å²) in [5.41, 5.74) is 0.982. The molecular formula is C9H7Cl2N2+. The Bertz CT molecular complexity index is 409. The Morgan fingerprint density at radius 3 is 2.31 bits per heavy atom. The van der Waals surface area contributed by atoms with Crippen LogP contribution < -0.4 is 4.57 Å². The molecule has 1 N–H and O–H groups in total. The van der Waals surface area contributed by atoms with Gasteiger partial charge in [0.2, 0.25) is 5.15 Å². The number of benzene rings is 1. The number of hydrogen-bond acceptors (Lipinski definition) is 0. The normalized spacial score (nSPS) is 10.3. The number of nitrogens with zero attached hydrogens (tertiary/aromatic N) is 1. The smallest absolute Gasteiger partial charge is 0.217 e. The lowest BCUT2D eigenvalue weighted by Crippen LogP contribution is -2.28. The highest BCUT2D eigenvalue weighted by Gasteiger charge is 2.12. The van der Waals surface area contributed by atoms with E-state index in [1.165, 1.54) is 0 Å². The van der Waals surface area contributed by atoms with Gasteiger partial charge in [0.25, 0.3) is 0 Å². The van der Waals surface area contributed by atoms with E-state index >= 15 is 0 Å². The second-order valence-corrected chi connectivity index (χ2v) is 3.36. The van der Waals surface area contributed by atoms with Crippen LogP contribution in [-0.4, -0.2) is 4.98 Å². The number of H-pyrrole nitrogens is 1. The van der Waals surface area contributed by atoms with Crippen LogP contribution in [0.2, 0.25) is 10.4 Å². The molecule has 0 bridgehead atoms. The molecule has 1 heterocycles. The summed E-state index contributed by atoms with van der Waals surface area (Å²) < 4.78 is 1.78. The van der Waals surface area contributed by atoms with E-state index in [0.29, 0.717) is 10.4 Å². The lowest BCUT2D eigenvalue weighted by atomic mass is 10.3. The summed E-state index contributed by atoms with van der Waals surface area (Å²) in [6, 6.07) is 9.75. The molecule has 66 valence electrons. The molecule has 0 saturated heterocycles. The van der Waals surface area contributed by atoms with Crippen molar-refractivity contribution in [2.45, 2.75) is 0 Å². The Kier molecular flexibility index (Phi) is 2.25. The van der Waals surface area contributed by atoms with E-state index in [0.717, 1.165) is 5.69 Å². The van der Waals surface area contributed by atoms with Crippen molar-refractivity contribution in [3.63, 3.8) is 0 Å². The monoisotopic (exact) mass is 213 g/mol. The lowest BCUT2D eigenvalue weighted by Gasteiger charge is -1.93. The Morgan fingerprint density at radius 1 is 1.08 bits per heavy atom. The molecule has 4 heteroatoms. The van der Waals surface area contributed by atoms with E-state index in [4.69, 9.17) is 23.2 Å². The standard InChI is InChI=1S/C9H6Cl2N2/c10-8-6-13(9(11)12-8)7-4-2-1-3-5-7/h1-6H/p+1. The van der Waals surface area contributed by atoms with Crippen molar-refractivity contribution in [3.8, 4) is 5.69 Å². The van der Waals surface area contributed by atoms with Gasteiger partial charge in [-0.3, -0.25) is 0 Å². The number of aromatic nitrogens is 2. The molecule has 2 aromatic rings. The number of imidazole rings is 1. The van der Waals surface area contributed by atoms with Gasteiger partial charge in [-0.15, -0.1) is 0 Å². The van der Waals surface area contributed by atoms with Crippen LogP contribution in [0, 0.1) is 0 Å². The van der Waals surface area contributed by atoms with Crippen molar-refractivity contribution in [1.29, 1.82) is 0 Å². The van der Waals surface area contributed by atoms with Crippen LogP contribution in [0.5, 0.6) is 0 Å². The highest BCUT2D eigenvalue weighted by atomic mass is 35.5. The summed E-state index contributed by atoms with van der Waals surface area (Å²) in [5.74, 6) is 0. The van der Waals surface area contributed by atoms with Gasteiger partial charge in [-0.1, -0.05) is 18.2 Å². The van der Waals surface area contributed by atoms with Gasteiger partial charge in [-0.05, 0) is 23.7 Å². The number of para-hydroxylation sites is 1. The highest BCUT2D eigenvalue weighted by Crippen LogP contribution is 2.09. The van der Waals surface area contributed by atoms with Gasteiger partial charge in [0, 0.05) is 11.6 Å². The van der Waals surface area contributed by atoms with E-state index in [2.05, 4.69) is 4.98 Å². The Morgan fingerprint density at radius 2 is 1.77 bits per heavy atom. The molecule has 1 aromatic carbocycles. The maximum Gasteiger partial charge on any atom is 0.358 e. The van der Waals surface area contributed by atoms with Crippen molar-refractivity contribution in [3.05, 3.63) is 47.0 Å². The van der Waals surface area contributed by atoms with Crippen LogP contribution in [0.4, 0.5) is 0 Å². The van der Waals surface area contributed by atoms with Crippen molar-refractivity contribution in [1.82, 2.24) is 4.98 Å². The first-order valence-corrected chi connectivity index (χ1v) is 4.54. The number of halogens is 2. The molecule has 0 aliphatic carbocycles.